The average molecular weight is 475 g/mol. The standard InChI is InChI=1S/C23H24F3N5O3/c1-3-33-22(32)17-7-8-19(27-14-17)31-11-9-30(10-12-31)15(2)21-28-20(29-34-21)16-5-4-6-18(13-16)23(24,25)26/h4-8,13-15H,3,9-12H2,1-2H3. The molecule has 8 nitrogen and oxygen atoms in total. The zero-order valence-corrected chi connectivity index (χ0v) is 18.7. The topological polar surface area (TPSA) is 84.6 Å². The summed E-state index contributed by atoms with van der Waals surface area (Å²) in [4.78, 5) is 24.8. The Hall–Kier alpha value is -3.47. The van der Waals surface area contributed by atoms with E-state index in [0.717, 1.165) is 18.0 Å². The quantitative estimate of drug-likeness (QED) is 0.491. The van der Waals surface area contributed by atoms with Gasteiger partial charge in [0.2, 0.25) is 11.7 Å². The molecule has 3 heterocycles. The first kappa shape index (κ1) is 23.7. The largest absolute Gasteiger partial charge is 0.462 e. The lowest BCUT2D eigenvalue weighted by Crippen LogP contribution is -2.47. The number of benzene rings is 1. The Kier molecular flexibility index (Phi) is 6.82. The van der Waals surface area contributed by atoms with Gasteiger partial charge in [0.05, 0.1) is 23.8 Å². The number of esters is 1. The van der Waals surface area contributed by atoms with Crippen LogP contribution in [-0.2, 0) is 10.9 Å². The van der Waals surface area contributed by atoms with E-state index in [1.165, 1.54) is 18.3 Å². The second-order valence-corrected chi connectivity index (χ2v) is 7.86. The molecule has 1 aliphatic heterocycles. The van der Waals surface area contributed by atoms with Crippen molar-refractivity contribution in [3.63, 3.8) is 0 Å². The van der Waals surface area contributed by atoms with Crippen LogP contribution in [-0.4, -0.2) is 58.8 Å². The number of nitrogens with zero attached hydrogens (tertiary/aromatic N) is 5. The van der Waals surface area contributed by atoms with Crippen LogP contribution in [0.15, 0.2) is 47.1 Å². The van der Waals surface area contributed by atoms with E-state index in [9.17, 15) is 18.0 Å². The Morgan fingerprint density at radius 2 is 1.94 bits per heavy atom. The van der Waals surface area contributed by atoms with E-state index in [1.807, 2.05) is 6.92 Å². The number of alkyl halides is 3. The highest BCUT2D eigenvalue weighted by molar-refractivity contribution is 5.89. The zero-order valence-electron chi connectivity index (χ0n) is 18.7. The van der Waals surface area contributed by atoms with Crippen LogP contribution < -0.4 is 4.90 Å². The minimum Gasteiger partial charge on any atom is -0.462 e. The Balaban J connectivity index is 1.37. The summed E-state index contributed by atoms with van der Waals surface area (Å²) in [6.45, 7) is 6.78. The van der Waals surface area contributed by atoms with E-state index < -0.39 is 17.7 Å². The first-order valence-corrected chi connectivity index (χ1v) is 10.9. The summed E-state index contributed by atoms with van der Waals surface area (Å²) < 4.78 is 49.4. The molecule has 0 spiro atoms. The molecule has 11 heteroatoms. The SMILES string of the molecule is CCOC(=O)c1ccc(N2CCN(C(C)c3nc(-c4cccc(C(F)(F)F)c4)no3)CC2)nc1. The van der Waals surface area contributed by atoms with Gasteiger partial charge in [0.25, 0.3) is 0 Å². The highest BCUT2D eigenvalue weighted by Crippen LogP contribution is 2.32. The summed E-state index contributed by atoms with van der Waals surface area (Å²) in [6, 6.07) is 8.16. The fourth-order valence-corrected chi connectivity index (χ4v) is 3.76. The van der Waals surface area contributed by atoms with Gasteiger partial charge in [-0.3, -0.25) is 4.90 Å². The maximum atomic E-state index is 13.0. The number of carbonyl (C=O) groups excluding carboxylic acids is 1. The van der Waals surface area contributed by atoms with Gasteiger partial charge in [0.15, 0.2) is 0 Å². The molecule has 2 aromatic heterocycles. The summed E-state index contributed by atoms with van der Waals surface area (Å²) in [5.41, 5.74) is -0.102. The summed E-state index contributed by atoms with van der Waals surface area (Å²) in [6.07, 6.45) is -2.93. The van der Waals surface area contributed by atoms with Crippen molar-refractivity contribution in [1.29, 1.82) is 0 Å². The number of pyridine rings is 1. The van der Waals surface area contributed by atoms with E-state index in [-0.39, 0.29) is 17.4 Å². The van der Waals surface area contributed by atoms with Crippen molar-refractivity contribution in [3.05, 3.63) is 59.6 Å². The third-order valence-corrected chi connectivity index (χ3v) is 5.69. The van der Waals surface area contributed by atoms with E-state index in [2.05, 4.69) is 24.9 Å². The Morgan fingerprint density at radius 1 is 1.18 bits per heavy atom. The summed E-state index contributed by atoms with van der Waals surface area (Å²) in [5.74, 6) is 0.837. The lowest BCUT2D eigenvalue weighted by molar-refractivity contribution is -0.137. The van der Waals surface area contributed by atoms with E-state index >= 15 is 0 Å². The Labute approximate surface area is 194 Å². The number of hydrogen-bond acceptors (Lipinski definition) is 8. The molecule has 1 aliphatic rings. The molecule has 0 bridgehead atoms. The van der Waals surface area contributed by atoms with Crippen molar-refractivity contribution in [1.82, 2.24) is 20.0 Å². The van der Waals surface area contributed by atoms with Crippen molar-refractivity contribution < 1.29 is 27.2 Å². The van der Waals surface area contributed by atoms with Crippen molar-refractivity contribution in [2.24, 2.45) is 0 Å². The summed E-state index contributed by atoms with van der Waals surface area (Å²) >= 11 is 0. The predicted molar refractivity (Wildman–Crippen MR) is 117 cm³/mol. The van der Waals surface area contributed by atoms with Crippen LogP contribution in [0.2, 0.25) is 0 Å². The predicted octanol–water partition coefficient (Wildman–Crippen LogP) is 4.21. The van der Waals surface area contributed by atoms with Crippen LogP contribution >= 0.6 is 0 Å². The fraction of sp³-hybridized carbons (Fsp3) is 0.391. The fourth-order valence-electron chi connectivity index (χ4n) is 3.76. The van der Waals surface area contributed by atoms with Gasteiger partial charge in [0, 0.05) is 37.9 Å². The van der Waals surface area contributed by atoms with Crippen molar-refractivity contribution >= 4 is 11.8 Å². The first-order chi connectivity index (χ1) is 16.3. The van der Waals surface area contributed by atoms with Gasteiger partial charge in [-0.05, 0) is 38.1 Å². The van der Waals surface area contributed by atoms with E-state index in [0.29, 0.717) is 44.2 Å². The van der Waals surface area contributed by atoms with Gasteiger partial charge >= 0.3 is 12.1 Å². The molecule has 0 saturated carbocycles. The Morgan fingerprint density at radius 3 is 2.59 bits per heavy atom. The molecule has 34 heavy (non-hydrogen) atoms. The number of carbonyl (C=O) groups is 1. The number of aromatic nitrogens is 3. The highest BCUT2D eigenvalue weighted by atomic mass is 19.4. The van der Waals surface area contributed by atoms with Crippen molar-refractivity contribution in [2.45, 2.75) is 26.1 Å². The second kappa shape index (κ2) is 9.80. The molecule has 4 rings (SSSR count). The molecule has 0 N–H and O–H groups in total. The Bertz CT molecular complexity index is 1130. The van der Waals surface area contributed by atoms with Crippen LogP contribution in [0.1, 0.15) is 41.7 Å². The number of piperazine rings is 1. The minimum absolute atomic E-state index is 0.123. The maximum Gasteiger partial charge on any atom is 0.416 e. The van der Waals surface area contributed by atoms with E-state index in [4.69, 9.17) is 9.26 Å². The van der Waals surface area contributed by atoms with Gasteiger partial charge in [-0.1, -0.05) is 17.3 Å². The van der Waals surface area contributed by atoms with Crippen LogP contribution in [0.3, 0.4) is 0 Å². The lowest BCUT2D eigenvalue weighted by atomic mass is 10.1. The molecule has 1 saturated heterocycles. The molecule has 180 valence electrons. The minimum atomic E-state index is -4.44. The van der Waals surface area contributed by atoms with E-state index in [1.54, 1.807) is 19.1 Å². The highest BCUT2D eigenvalue weighted by Gasteiger charge is 2.31. The molecule has 3 aromatic rings. The van der Waals surface area contributed by atoms with Crippen LogP contribution in [0.5, 0.6) is 0 Å². The van der Waals surface area contributed by atoms with Crippen molar-refractivity contribution in [3.8, 4) is 11.4 Å². The van der Waals surface area contributed by atoms with Gasteiger partial charge in [-0.15, -0.1) is 0 Å². The molecule has 0 radical (unpaired) electrons. The monoisotopic (exact) mass is 475 g/mol. The average Bonchev–Trinajstić information content (AvgIpc) is 3.34. The number of ether oxygens (including phenoxy) is 1. The van der Waals surface area contributed by atoms with Crippen molar-refractivity contribution in [2.75, 3.05) is 37.7 Å². The molecule has 1 unspecified atom stereocenters. The van der Waals surface area contributed by atoms with Crippen LogP contribution in [0.4, 0.5) is 19.0 Å². The lowest BCUT2D eigenvalue weighted by Gasteiger charge is -2.37. The molecule has 0 aliphatic carbocycles. The molecule has 1 aromatic carbocycles. The van der Waals surface area contributed by atoms with Gasteiger partial charge in [-0.25, -0.2) is 9.78 Å². The second-order valence-electron chi connectivity index (χ2n) is 7.86. The summed E-state index contributed by atoms with van der Waals surface area (Å²) in [7, 11) is 0. The smallest absolute Gasteiger partial charge is 0.416 e. The number of halogens is 3. The van der Waals surface area contributed by atoms with Gasteiger partial charge < -0.3 is 14.2 Å². The molecule has 1 fully saturated rings. The van der Waals surface area contributed by atoms with Crippen LogP contribution in [0.25, 0.3) is 11.4 Å². The number of anilines is 1. The third kappa shape index (κ3) is 5.19. The van der Waals surface area contributed by atoms with Gasteiger partial charge in [0.1, 0.15) is 5.82 Å². The van der Waals surface area contributed by atoms with Gasteiger partial charge in [-0.2, -0.15) is 18.2 Å². The maximum absolute atomic E-state index is 13.0. The normalized spacial score (nSPS) is 15.9. The third-order valence-electron chi connectivity index (χ3n) is 5.69. The molecular weight excluding hydrogens is 451 g/mol. The summed E-state index contributed by atoms with van der Waals surface area (Å²) in [5, 5.41) is 3.89. The zero-order chi connectivity index (χ0) is 24.3. The molecule has 0 amide bonds. The molecular formula is C23H24F3N5O3. The number of rotatable bonds is 6. The number of hydrogen-bond donors (Lipinski definition) is 0. The first-order valence-electron chi connectivity index (χ1n) is 10.9. The van der Waals surface area contributed by atoms with Crippen LogP contribution in [0, 0.1) is 0 Å². The molecule has 1 atom stereocenters.